The summed E-state index contributed by atoms with van der Waals surface area (Å²) in [5.74, 6) is -0.232. The summed E-state index contributed by atoms with van der Waals surface area (Å²) in [7, 11) is 0. The maximum Gasteiger partial charge on any atom is 0.419 e. The number of pyridine rings is 1. The molecule has 0 saturated heterocycles. The summed E-state index contributed by atoms with van der Waals surface area (Å²) in [6.45, 7) is 1.68. The van der Waals surface area contributed by atoms with Crippen LogP contribution in [0.2, 0.25) is 0 Å². The molecule has 112 valence electrons. The number of rotatable bonds is 4. The van der Waals surface area contributed by atoms with Crippen molar-refractivity contribution in [3.05, 3.63) is 59.9 Å². The number of ether oxygens (including phenoxy) is 1. The first-order chi connectivity index (χ1) is 9.89. The van der Waals surface area contributed by atoms with Crippen molar-refractivity contribution in [2.75, 3.05) is 0 Å². The van der Waals surface area contributed by atoms with E-state index in [4.69, 9.17) is 10.5 Å². The third kappa shape index (κ3) is 3.72. The number of hydrogen-bond acceptors (Lipinski definition) is 3. The Morgan fingerprint density at radius 2 is 1.71 bits per heavy atom. The second kappa shape index (κ2) is 6.13. The molecule has 0 aliphatic rings. The van der Waals surface area contributed by atoms with Crippen LogP contribution in [-0.4, -0.2) is 11.0 Å². The number of hydrogen-bond donors (Lipinski definition) is 1. The van der Waals surface area contributed by atoms with Crippen LogP contribution in [0, 0.1) is 0 Å². The first-order valence-electron chi connectivity index (χ1n) is 6.38. The highest BCUT2D eigenvalue weighted by Crippen LogP contribution is 2.38. The van der Waals surface area contributed by atoms with Crippen molar-refractivity contribution in [1.29, 1.82) is 0 Å². The number of nitrogens with zero attached hydrogens (tertiary/aromatic N) is 1. The van der Waals surface area contributed by atoms with Crippen LogP contribution in [0.25, 0.3) is 0 Å². The molecule has 1 aromatic heterocycles. The van der Waals surface area contributed by atoms with Crippen LogP contribution in [-0.2, 0) is 6.18 Å². The number of halogens is 3. The summed E-state index contributed by atoms with van der Waals surface area (Å²) < 4.78 is 44.5. The first kappa shape index (κ1) is 15.3. The average Bonchev–Trinajstić information content (AvgIpc) is 2.44. The standard InChI is InChI=1S/C15H15F3N2O/c1-10(19)14(11-6-8-20-9-7-11)21-13-5-3-2-4-12(13)15(16,17)18/h2-10,14H,19H2,1H3. The summed E-state index contributed by atoms with van der Waals surface area (Å²) in [5.41, 5.74) is 5.71. The van der Waals surface area contributed by atoms with Gasteiger partial charge in [0, 0.05) is 18.4 Å². The predicted octanol–water partition coefficient (Wildman–Crippen LogP) is 3.57. The number of benzene rings is 1. The molecule has 3 nitrogen and oxygen atoms in total. The molecule has 2 N–H and O–H groups in total. The van der Waals surface area contributed by atoms with Gasteiger partial charge < -0.3 is 10.5 Å². The number of alkyl halides is 3. The fourth-order valence-corrected chi connectivity index (χ4v) is 1.97. The van der Waals surface area contributed by atoms with Gasteiger partial charge in [-0.3, -0.25) is 4.98 Å². The third-order valence-corrected chi connectivity index (χ3v) is 2.96. The molecule has 1 aromatic carbocycles. The van der Waals surface area contributed by atoms with Gasteiger partial charge in [0.15, 0.2) is 0 Å². The van der Waals surface area contributed by atoms with Crippen LogP contribution in [0.4, 0.5) is 13.2 Å². The highest BCUT2D eigenvalue weighted by atomic mass is 19.4. The zero-order chi connectivity index (χ0) is 15.5. The molecule has 0 saturated carbocycles. The summed E-state index contributed by atoms with van der Waals surface area (Å²) in [4.78, 5) is 3.87. The Bertz CT molecular complexity index is 585. The van der Waals surface area contributed by atoms with Crippen molar-refractivity contribution in [2.24, 2.45) is 5.73 Å². The quantitative estimate of drug-likeness (QED) is 0.938. The Hall–Kier alpha value is -2.08. The van der Waals surface area contributed by atoms with Gasteiger partial charge in [0.1, 0.15) is 11.9 Å². The van der Waals surface area contributed by atoms with Crippen molar-refractivity contribution in [1.82, 2.24) is 4.98 Å². The monoisotopic (exact) mass is 296 g/mol. The molecule has 6 heteroatoms. The predicted molar refractivity (Wildman–Crippen MR) is 72.7 cm³/mol. The molecule has 2 aromatic rings. The highest BCUT2D eigenvalue weighted by Gasteiger charge is 2.35. The molecule has 2 atom stereocenters. The highest BCUT2D eigenvalue weighted by molar-refractivity contribution is 5.36. The number of para-hydroxylation sites is 1. The van der Waals surface area contributed by atoms with Crippen molar-refractivity contribution in [3.63, 3.8) is 0 Å². The van der Waals surface area contributed by atoms with Gasteiger partial charge >= 0.3 is 6.18 Å². The van der Waals surface area contributed by atoms with Gasteiger partial charge in [-0.25, -0.2) is 0 Å². The fraction of sp³-hybridized carbons (Fsp3) is 0.267. The van der Waals surface area contributed by atoms with Gasteiger partial charge in [-0.2, -0.15) is 13.2 Å². The lowest BCUT2D eigenvalue weighted by Gasteiger charge is -2.24. The molecule has 0 fully saturated rings. The Kier molecular flexibility index (Phi) is 4.47. The van der Waals surface area contributed by atoms with E-state index in [9.17, 15) is 13.2 Å². The van der Waals surface area contributed by atoms with Crippen molar-refractivity contribution in [2.45, 2.75) is 25.2 Å². The van der Waals surface area contributed by atoms with Gasteiger partial charge in [-0.15, -0.1) is 0 Å². The lowest BCUT2D eigenvalue weighted by molar-refractivity contribution is -0.139. The fourth-order valence-electron chi connectivity index (χ4n) is 1.97. The van der Waals surface area contributed by atoms with Crippen LogP contribution < -0.4 is 10.5 Å². The van der Waals surface area contributed by atoms with Crippen molar-refractivity contribution >= 4 is 0 Å². The van der Waals surface area contributed by atoms with E-state index in [0.29, 0.717) is 5.56 Å². The topological polar surface area (TPSA) is 48.1 Å². The van der Waals surface area contributed by atoms with Gasteiger partial charge in [-0.1, -0.05) is 12.1 Å². The minimum absolute atomic E-state index is 0.232. The van der Waals surface area contributed by atoms with Crippen molar-refractivity contribution in [3.8, 4) is 5.75 Å². The van der Waals surface area contributed by atoms with Gasteiger partial charge in [0.25, 0.3) is 0 Å². The number of aromatic nitrogens is 1. The van der Waals surface area contributed by atoms with E-state index in [-0.39, 0.29) is 5.75 Å². The minimum Gasteiger partial charge on any atom is -0.483 e. The lowest BCUT2D eigenvalue weighted by atomic mass is 10.1. The number of nitrogens with two attached hydrogens (primary N) is 1. The van der Waals surface area contributed by atoms with E-state index in [1.807, 2.05) is 0 Å². The van der Waals surface area contributed by atoms with E-state index < -0.39 is 23.9 Å². The van der Waals surface area contributed by atoms with Crippen LogP contribution in [0.1, 0.15) is 24.2 Å². The van der Waals surface area contributed by atoms with Gasteiger partial charge in [0.2, 0.25) is 0 Å². The molecule has 21 heavy (non-hydrogen) atoms. The zero-order valence-electron chi connectivity index (χ0n) is 11.3. The normalized spacial score (nSPS) is 14.5. The van der Waals surface area contributed by atoms with Gasteiger partial charge in [-0.05, 0) is 36.8 Å². The molecule has 0 radical (unpaired) electrons. The van der Waals surface area contributed by atoms with E-state index in [2.05, 4.69) is 4.98 Å². The Balaban J connectivity index is 2.35. The minimum atomic E-state index is -4.47. The first-order valence-corrected chi connectivity index (χ1v) is 6.38. The summed E-state index contributed by atoms with van der Waals surface area (Å²) in [6.07, 6.45) is -2.07. The van der Waals surface area contributed by atoms with E-state index in [1.165, 1.54) is 18.2 Å². The lowest BCUT2D eigenvalue weighted by Crippen LogP contribution is -2.29. The van der Waals surface area contributed by atoms with Crippen LogP contribution >= 0.6 is 0 Å². The van der Waals surface area contributed by atoms with Crippen LogP contribution in [0.5, 0.6) is 5.75 Å². The largest absolute Gasteiger partial charge is 0.483 e. The second-order valence-electron chi connectivity index (χ2n) is 4.67. The molecular formula is C15H15F3N2O. The van der Waals surface area contributed by atoms with Crippen LogP contribution in [0.3, 0.4) is 0 Å². The Labute approximate surface area is 120 Å². The zero-order valence-corrected chi connectivity index (χ0v) is 11.3. The maximum atomic E-state index is 13.0. The van der Waals surface area contributed by atoms with Crippen molar-refractivity contribution < 1.29 is 17.9 Å². The molecular weight excluding hydrogens is 281 g/mol. The molecule has 2 rings (SSSR count). The third-order valence-electron chi connectivity index (χ3n) is 2.96. The summed E-state index contributed by atoms with van der Waals surface area (Å²) in [5, 5.41) is 0. The van der Waals surface area contributed by atoms with E-state index in [1.54, 1.807) is 31.5 Å². The second-order valence-corrected chi connectivity index (χ2v) is 4.67. The molecule has 0 aliphatic carbocycles. The van der Waals surface area contributed by atoms with E-state index in [0.717, 1.165) is 6.07 Å². The molecule has 0 spiro atoms. The average molecular weight is 296 g/mol. The maximum absolute atomic E-state index is 13.0. The molecule has 0 aliphatic heterocycles. The van der Waals surface area contributed by atoms with Crippen LogP contribution in [0.15, 0.2) is 48.8 Å². The smallest absolute Gasteiger partial charge is 0.419 e. The SMILES string of the molecule is CC(N)C(Oc1ccccc1C(F)(F)F)c1ccncc1. The molecule has 0 bridgehead atoms. The molecule has 1 heterocycles. The van der Waals surface area contributed by atoms with Gasteiger partial charge in [0.05, 0.1) is 5.56 Å². The molecule has 0 amide bonds. The molecule has 2 unspecified atom stereocenters. The van der Waals surface area contributed by atoms with E-state index >= 15 is 0 Å². The summed E-state index contributed by atoms with van der Waals surface area (Å²) >= 11 is 0. The summed E-state index contributed by atoms with van der Waals surface area (Å²) in [6, 6.07) is 7.96. The Morgan fingerprint density at radius 1 is 1.10 bits per heavy atom. The Morgan fingerprint density at radius 3 is 2.29 bits per heavy atom.